The summed E-state index contributed by atoms with van der Waals surface area (Å²) in [5.41, 5.74) is 8.04. The first-order chi connectivity index (χ1) is 9.15. The Balaban J connectivity index is 3.11. The Bertz CT molecular complexity index is 419. The molecule has 4 nitrogen and oxygen atoms in total. The van der Waals surface area contributed by atoms with E-state index in [1.54, 1.807) is 19.1 Å². The van der Waals surface area contributed by atoms with Gasteiger partial charge in [-0.2, -0.15) is 0 Å². The predicted octanol–water partition coefficient (Wildman–Crippen LogP) is 3.07. The summed E-state index contributed by atoms with van der Waals surface area (Å²) in [4.78, 5) is 14.2. The topological polar surface area (TPSA) is 55.6 Å². The van der Waals surface area contributed by atoms with Crippen molar-refractivity contribution in [2.45, 2.75) is 33.6 Å². The van der Waals surface area contributed by atoms with Crippen molar-refractivity contribution in [3.05, 3.63) is 23.8 Å². The lowest BCUT2D eigenvalue weighted by Crippen LogP contribution is -2.27. The molecule has 0 aliphatic heterocycles. The summed E-state index contributed by atoms with van der Waals surface area (Å²) in [6.45, 7) is 8.10. The number of carbonyl (C=O) groups excluding carboxylic acids is 1. The largest absolute Gasteiger partial charge is 0.462 e. The number of hydrogen-bond donors (Lipinski definition) is 1. The van der Waals surface area contributed by atoms with E-state index in [2.05, 4.69) is 18.7 Å². The van der Waals surface area contributed by atoms with Gasteiger partial charge in [-0.15, -0.1) is 0 Å². The van der Waals surface area contributed by atoms with Gasteiger partial charge in [0.25, 0.3) is 0 Å². The van der Waals surface area contributed by atoms with Crippen LogP contribution in [-0.2, 0) is 4.74 Å². The van der Waals surface area contributed by atoms with Gasteiger partial charge in [0.15, 0.2) is 0 Å². The van der Waals surface area contributed by atoms with Crippen LogP contribution in [0.15, 0.2) is 18.2 Å². The van der Waals surface area contributed by atoms with Crippen molar-refractivity contribution in [1.82, 2.24) is 0 Å². The third-order valence-electron chi connectivity index (χ3n) is 3.04. The smallest absolute Gasteiger partial charge is 0.340 e. The molecule has 1 aromatic rings. The summed E-state index contributed by atoms with van der Waals surface area (Å²) >= 11 is 0. The number of para-hydroxylation sites is 1. The Kier molecular flexibility index (Phi) is 6.19. The number of unbranched alkanes of at least 4 members (excludes halogenated alkanes) is 1. The van der Waals surface area contributed by atoms with Gasteiger partial charge in [0.2, 0.25) is 0 Å². The normalized spacial score (nSPS) is 10.3. The second-order valence-electron chi connectivity index (χ2n) is 4.40. The van der Waals surface area contributed by atoms with Crippen molar-refractivity contribution in [1.29, 1.82) is 0 Å². The van der Waals surface area contributed by atoms with Crippen LogP contribution < -0.4 is 10.6 Å². The van der Waals surface area contributed by atoms with Gasteiger partial charge >= 0.3 is 5.97 Å². The number of esters is 1. The van der Waals surface area contributed by atoms with E-state index in [0.717, 1.165) is 31.6 Å². The molecule has 1 rings (SSSR count). The fourth-order valence-corrected chi connectivity index (χ4v) is 2.06. The molecule has 0 spiro atoms. The first kappa shape index (κ1) is 15.3. The van der Waals surface area contributed by atoms with Crippen LogP contribution in [0.2, 0.25) is 0 Å². The van der Waals surface area contributed by atoms with E-state index in [1.807, 2.05) is 6.07 Å². The average molecular weight is 264 g/mol. The maximum atomic E-state index is 12.0. The van der Waals surface area contributed by atoms with Crippen molar-refractivity contribution < 1.29 is 9.53 Å². The molecule has 4 heteroatoms. The van der Waals surface area contributed by atoms with Gasteiger partial charge in [0, 0.05) is 13.1 Å². The zero-order chi connectivity index (χ0) is 14.3. The van der Waals surface area contributed by atoms with Crippen LogP contribution in [0.4, 0.5) is 11.4 Å². The van der Waals surface area contributed by atoms with Crippen molar-refractivity contribution in [2.75, 3.05) is 30.3 Å². The number of anilines is 2. The molecule has 0 saturated heterocycles. The minimum Gasteiger partial charge on any atom is -0.462 e. The molecule has 0 heterocycles. The van der Waals surface area contributed by atoms with E-state index in [0.29, 0.717) is 17.9 Å². The third-order valence-corrected chi connectivity index (χ3v) is 3.04. The molecular formula is C15H24N2O2. The molecule has 0 fully saturated rings. The van der Waals surface area contributed by atoms with Crippen LogP contribution in [0.3, 0.4) is 0 Å². The van der Waals surface area contributed by atoms with Gasteiger partial charge in [0.05, 0.1) is 23.5 Å². The molecule has 0 atom stereocenters. The van der Waals surface area contributed by atoms with Gasteiger partial charge in [-0.25, -0.2) is 4.79 Å². The molecule has 1 aromatic carbocycles. The Morgan fingerprint density at radius 1 is 1.32 bits per heavy atom. The van der Waals surface area contributed by atoms with Gasteiger partial charge < -0.3 is 15.4 Å². The highest BCUT2D eigenvalue weighted by Crippen LogP contribution is 2.28. The average Bonchev–Trinajstić information content (AvgIpc) is 2.41. The van der Waals surface area contributed by atoms with E-state index in [4.69, 9.17) is 10.5 Å². The number of rotatable bonds is 7. The maximum absolute atomic E-state index is 12.0. The van der Waals surface area contributed by atoms with Gasteiger partial charge in [-0.3, -0.25) is 0 Å². The van der Waals surface area contributed by atoms with E-state index >= 15 is 0 Å². The second-order valence-corrected chi connectivity index (χ2v) is 4.40. The van der Waals surface area contributed by atoms with Crippen LogP contribution in [0.5, 0.6) is 0 Å². The van der Waals surface area contributed by atoms with Crippen molar-refractivity contribution >= 4 is 17.3 Å². The van der Waals surface area contributed by atoms with Gasteiger partial charge in [-0.05, 0) is 32.4 Å². The lowest BCUT2D eigenvalue weighted by atomic mass is 10.1. The molecule has 0 bridgehead atoms. The van der Waals surface area contributed by atoms with Gasteiger partial charge in [0.1, 0.15) is 0 Å². The summed E-state index contributed by atoms with van der Waals surface area (Å²) in [5.74, 6) is -0.306. The summed E-state index contributed by atoms with van der Waals surface area (Å²) in [6, 6.07) is 5.39. The third kappa shape index (κ3) is 3.88. The number of nitrogen functional groups attached to an aromatic ring is 1. The molecule has 0 amide bonds. The summed E-state index contributed by atoms with van der Waals surface area (Å²) < 4.78 is 5.10. The molecule has 0 aliphatic carbocycles. The highest BCUT2D eigenvalue weighted by atomic mass is 16.5. The number of benzene rings is 1. The SMILES string of the molecule is CCCCN(CC)c1c(N)cccc1C(=O)OCC. The number of ether oxygens (including phenoxy) is 1. The predicted molar refractivity (Wildman–Crippen MR) is 79.6 cm³/mol. The first-order valence-corrected chi connectivity index (χ1v) is 6.96. The highest BCUT2D eigenvalue weighted by molar-refractivity contribution is 5.99. The quantitative estimate of drug-likeness (QED) is 0.607. The Morgan fingerprint density at radius 3 is 2.63 bits per heavy atom. The molecule has 19 heavy (non-hydrogen) atoms. The van der Waals surface area contributed by atoms with Gasteiger partial charge in [-0.1, -0.05) is 19.4 Å². The first-order valence-electron chi connectivity index (χ1n) is 6.96. The fraction of sp³-hybridized carbons (Fsp3) is 0.533. The van der Waals surface area contributed by atoms with Crippen molar-refractivity contribution in [2.24, 2.45) is 0 Å². The zero-order valence-corrected chi connectivity index (χ0v) is 12.1. The minimum atomic E-state index is -0.306. The summed E-state index contributed by atoms with van der Waals surface area (Å²) in [5, 5.41) is 0. The minimum absolute atomic E-state index is 0.306. The van der Waals surface area contributed by atoms with E-state index in [-0.39, 0.29) is 5.97 Å². The number of nitrogens with two attached hydrogens (primary N) is 1. The molecule has 0 aliphatic rings. The molecule has 0 aromatic heterocycles. The maximum Gasteiger partial charge on any atom is 0.340 e. The van der Waals surface area contributed by atoms with E-state index in [1.165, 1.54) is 0 Å². The molecule has 0 unspecified atom stereocenters. The van der Waals surface area contributed by atoms with Crippen molar-refractivity contribution in [3.63, 3.8) is 0 Å². The monoisotopic (exact) mass is 264 g/mol. The molecule has 2 N–H and O–H groups in total. The summed E-state index contributed by atoms with van der Waals surface area (Å²) in [7, 11) is 0. The van der Waals surface area contributed by atoms with Crippen molar-refractivity contribution in [3.8, 4) is 0 Å². The number of nitrogens with zero attached hydrogens (tertiary/aromatic N) is 1. The highest BCUT2D eigenvalue weighted by Gasteiger charge is 2.18. The molecule has 0 saturated carbocycles. The lowest BCUT2D eigenvalue weighted by Gasteiger charge is -2.26. The Labute approximate surface area is 115 Å². The number of carbonyl (C=O) groups is 1. The zero-order valence-electron chi connectivity index (χ0n) is 12.1. The van der Waals surface area contributed by atoms with Crippen LogP contribution >= 0.6 is 0 Å². The molecule has 106 valence electrons. The number of hydrogen-bond acceptors (Lipinski definition) is 4. The Morgan fingerprint density at radius 2 is 2.05 bits per heavy atom. The van der Waals surface area contributed by atoms with E-state index in [9.17, 15) is 4.79 Å². The molecular weight excluding hydrogens is 240 g/mol. The second kappa shape index (κ2) is 7.67. The van der Waals surface area contributed by atoms with E-state index < -0.39 is 0 Å². The van der Waals surface area contributed by atoms with Crippen LogP contribution in [0, 0.1) is 0 Å². The Hall–Kier alpha value is -1.71. The van der Waals surface area contributed by atoms with Crippen LogP contribution in [0.25, 0.3) is 0 Å². The molecule has 0 radical (unpaired) electrons. The standard InChI is InChI=1S/C15H24N2O2/c1-4-7-11-17(5-2)14-12(15(18)19-6-3)9-8-10-13(14)16/h8-10H,4-7,11,16H2,1-3H3. The summed E-state index contributed by atoms with van der Waals surface area (Å²) in [6.07, 6.45) is 2.18. The lowest BCUT2D eigenvalue weighted by molar-refractivity contribution is 0.0527. The fourth-order valence-electron chi connectivity index (χ4n) is 2.06. The van der Waals surface area contributed by atoms with Crippen LogP contribution in [-0.4, -0.2) is 25.7 Å². The van der Waals surface area contributed by atoms with Crippen LogP contribution in [0.1, 0.15) is 44.0 Å².